The molecule has 1 amide bonds. The van der Waals surface area contributed by atoms with E-state index in [4.69, 9.17) is 0 Å². The quantitative estimate of drug-likeness (QED) is 0.934. The van der Waals surface area contributed by atoms with Crippen LogP contribution in [0.25, 0.3) is 5.69 Å². The molecule has 3 rings (SSSR count). The zero-order valence-electron chi connectivity index (χ0n) is 13.4. The van der Waals surface area contributed by atoms with Gasteiger partial charge in [0.05, 0.1) is 22.9 Å². The van der Waals surface area contributed by atoms with Crippen LogP contribution in [0.3, 0.4) is 0 Å². The van der Waals surface area contributed by atoms with Crippen LogP contribution < -0.4 is 5.32 Å². The molecule has 122 valence electrons. The maximum Gasteiger partial charge on any atom is 0.225 e. The summed E-state index contributed by atoms with van der Waals surface area (Å²) in [4.78, 5) is 11.8. The molecule has 0 saturated carbocycles. The molecule has 0 saturated heterocycles. The minimum atomic E-state index is -3.17. The van der Waals surface area contributed by atoms with Gasteiger partial charge < -0.3 is 5.32 Å². The fourth-order valence-electron chi connectivity index (χ4n) is 2.64. The van der Waals surface area contributed by atoms with Crippen LogP contribution in [0.15, 0.2) is 18.2 Å². The fourth-order valence-corrected chi connectivity index (χ4v) is 4.13. The predicted molar refractivity (Wildman–Crippen MR) is 88.3 cm³/mol. The van der Waals surface area contributed by atoms with Crippen LogP contribution in [0.4, 0.5) is 5.82 Å². The van der Waals surface area contributed by atoms with Crippen LogP contribution >= 0.6 is 0 Å². The molecule has 0 unspecified atom stereocenters. The smallest absolute Gasteiger partial charge is 0.225 e. The van der Waals surface area contributed by atoms with Crippen molar-refractivity contribution in [3.8, 4) is 5.69 Å². The fraction of sp³-hybridized carbons (Fsp3) is 0.375. The topological polar surface area (TPSA) is 81.1 Å². The molecule has 1 aromatic heterocycles. The highest BCUT2D eigenvalue weighted by molar-refractivity contribution is 7.90. The van der Waals surface area contributed by atoms with Crippen molar-refractivity contribution in [3.05, 3.63) is 40.6 Å². The van der Waals surface area contributed by atoms with Gasteiger partial charge in [-0.15, -0.1) is 0 Å². The molecule has 1 aliphatic heterocycles. The zero-order valence-corrected chi connectivity index (χ0v) is 14.2. The largest absolute Gasteiger partial charge is 0.310 e. The molecule has 1 aliphatic rings. The first-order valence-corrected chi connectivity index (χ1v) is 9.31. The van der Waals surface area contributed by atoms with E-state index in [-0.39, 0.29) is 17.4 Å². The summed E-state index contributed by atoms with van der Waals surface area (Å²) in [5, 5.41) is 7.25. The van der Waals surface area contributed by atoms with E-state index in [1.165, 1.54) is 0 Å². The van der Waals surface area contributed by atoms with Gasteiger partial charge in [-0.1, -0.05) is 13.0 Å². The van der Waals surface area contributed by atoms with Gasteiger partial charge in [0.1, 0.15) is 5.82 Å². The van der Waals surface area contributed by atoms with Crippen LogP contribution in [0.2, 0.25) is 0 Å². The normalized spacial score (nSPS) is 15.4. The summed E-state index contributed by atoms with van der Waals surface area (Å²) in [5.41, 5.74) is 4.21. The number of sulfone groups is 1. The standard InChI is InChI=1S/C16H19N3O3S/c1-4-15(20)17-16-13-8-23(21,22)9-14(13)18-19(16)12-6-5-10(2)11(3)7-12/h5-7H,4,8-9H2,1-3H3,(H,17,20). The lowest BCUT2D eigenvalue weighted by atomic mass is 10.1. The molecule has 1 N–H and O–H groups in total. The highest BCUT2D eigenvalue weighted by Gasteiger charge is 2.33. The van der Waals surface area contributed by atoms with Crippen LogP contribution in [0, 0.1) is 13.8 Å². The molecule has 0 atom stereocenters. The van der Waals surface area contributed by atoms with Crippen molar-refractivity contribution in [2.45, 2.75) is 38.7 Å². The number of carbonyl (C=O) groups is 1. The average molecular weight is 333 g/mol. The molecule has 2 aromatic rings. The summed E-state index contributed by atoms with van der Waals surface area (Å²) in [6, 6.07) is 5.88. The molecule has 6 nitrogen and oxygen atoms in total. The summed E-state index contributed by atoms with van der Waals surface area (Å²) in [5.74, 6) is 0.153. The molecule has 23 heavy (non-hydrogen) atoms. The third-order valence-electron chi connectivity index (χ3n) is 4.10. The lowest BCUT2D eigenvalue weighted by Crippen LogP contribution is -2.15. The Labute approximate surface area is 135 Å². The third-order valence-corrected chi connectivity index (χ3v) is 5.54. The second-order valence-corrected chi connectivity index (χ2v) is 7.95. The van der Waals surface area contributed by atoms with Crippen molar-refractivity contribution in [2.75, 3.05) is 5.32 Å². The molecule has 0 radical (unpaired) electrons. The molecule has 1 aromatic carbocycles. The number of nitrogens with zero attached hydrogens (tertiary/aromatic N) is 2. The van der Waals surface area contributed by atoms with E-state index >= 15 is 0 Å². The third kappa shape index (κ3) is 2.88. The lowest BCUT2D eigenvalue weighted by Gasteiger charge is -2.12. The Morgan fingerprint density at radius 2 is 2.00 bits per heavy atom. The number of anilines is 1. The minimum Gasteiger partial charge on any atom is -0.310 e. The van der Waals surface area contributed by atoms with Crippen LogP contribution in [-0.2, 0) is 26.1 Å². The number of amides is 1. The van der Waals surface area contributed by atoms with Crippen LogP contribution in [0.1, 0.15) is 35.7 Å². The molecular formula is C16H19N3O3S. The van der Waals surface area contributed by atoms with Gasteiger partial charge in [-0.05, 0) is 37.1 Å². The van der Waals surface area contributed by atoms with Crippen LogP contribution in [-0.4, -0.2) is 24.1 Å². The van der Waals surface area contributed by atoms with E-state index < -0.39 is 9.84 Å². The van der Waals surface area contributed by atoms with Crippen molar-refractivity contribution >= 4 is 21.6 Å². The van der Waals surface area contributed by atoms with Gasteiger partial charge in [-0.2, -0.15) is 5.10 Å². The van der Waals surface area contributed by atoms with Crippen molar-refractivity contribution < 1.29 is 13.2 Å². The number of hydrogen-bond acceptors (Lipinski definition) is 4. The number of rotatable bonds is 3. The summed E-state index contributed by atoms with van der Waals surface area (Å²) in [6.07, 6.45) is 0.319. The Kier molecular flexibility index (Phi) is 3.75. The first kappa shape index (κ1) is 15.7. The van der Waals surface area contributed by atoms with E-state index in [0.717, 1.165) is 16.8 Å². The Morgan fingerprint density at radius 1 is 1.26 bits per heavy atom. The van der Waals surface area contributed by atoms with E-state index in [2.05, 4.69) is 10.4 Å². The van der Waals surface area contributed by atoms with E-state index in [0.29, 0.717) is 23.5 Å². The van der Waals surface area contributed by atoms with Gasteiger partial charge in [-0.25, -0.2) is 13.1 Å². The highest BCUT2D eigenvalue weighted by atomic mass is 32.2. The monoisotopic (exact) mass is 333 g/mol. The Morgan fingerprint density at radius 3 is 2.65 bits per heavy atom. The minimum absolute atomic E-state index is 0.0742. The average Bonchev–Trinajstić information content (AvgIpc) is 2.95. The summed E-state index contributed by atoms with van der Waals surface area (Å²) in [6.45, 7) is 5.78. The van der Waals surface area contributed by atoms with Gasteiger partial charge in [0, 0.05) is 12.0 Å². The molecule has 0 aliphatic carbocycles. The second kappa shape index (κ2) is 5.49. The van der Waals surface area contributed by atoms with Crippen molar-refractivity contribution in [1.29, 1.82) is 0 Å². The summed E-state index contributed by atoms with van der Waals surface area (Å²) in [7, 11) is -3.17. The van der Waals surface area contributed by atoms with Gasteiger partial charge in [0.15, 0.2) is 9.84 Å². The zero-order chi connectivity index (χ0) is 16.8. The number of aryl methyl sites for hydroxylation is 2. The first-order chi connectivity index (χ1) is 10.8. The predicted octanol–water partition coefficient (Wildman–Crippen LogP) is 2.27. The number of nitrogens with one attached hydrogen (secondary N) is 1. The number of fused-ring (bicyclic) bond motifs is 1. The maximum absolute atomic E-state index is 11.8. The van der Waals surface area contributed by atoms with Crippen LogP contribution in [0.5, 0.6) is 0 Å². The molecule has 0 spiro atoms. The first-order valence-electron chi connectivity index (χ1n) is 7.49. The van der Waals surface area contributed by atoms with Crippen molar-refractivity contribution in [3.63, 3.8) is 0 Å². The van der Waals surface area contributed by atoms with Gasteiger partial charge >= 0.3 is 0 Å². The molecule has 0 fully saturated rings. The van der Waals surface area contributed by atoms with E-state index in [1.807, 2.05) is 32.0 Å². The molecular weight excluding hydrogens is 314 g/mol. The SMILES string of the molecule is CCC(=O)Nc1c2c(nn1-c1ccc(C)c(C)c1)CS(=O)(=O)C2. The number of benzene rings is 1. The Hall–Kier alpha value is -2.15. The molecule has 7 heteroatoms. The van der Waals surface area contributed by atoms with Crippen molar-refractivity contribution in [1.82, 2.24) is 9.78 Å². The van der Waals surface area contributed by atoms with Gasteiger partial charge in [0.2, 0.25) is 5.91 Å². The Balaban J connectivity index is 2.14. The van der Waals surface area contributed by atoms with Gasteiger partial charge in [-0.3, -0.25) is 4.79 Å². The molecule has 0 bridgehead atoms. The number of hydrogen-bond donors (Lipinski definition) is 1. The highest BCUT2D eigenvalue weighted by Crippen LogP contribution is 2.33. The number of carbonyl (C=O) groups excluding carboxylic acids is 1. The summed E-state index contributed by atoms with van der Waals surface area (Å²) >= 11 is 0. The van der Waals surface area contributed by atoms with Crippen molar-refractivity contribution in [2.24, 2.45) is 0 Å². The lowest BCUT2D eigenvalue weighted by molar-refractivity contribution is -0.115. The maximum atomic E-state index is 11.8. The Bertz CT molecular complexity index is 898. The van der Waals surface area contributed by atoms with E-state index in [1.54, 1.807) is 11.6 Å². The summed E-state index contributed by atoms with van der Waals surface area (Å²) < 4.78 is 25.3. The molecule has 2 heterocycles. The van der Waals surface area contributed by atoms with Gasteiger partial charge in [0.25, 0.3) is 0 Å². The number of aromatic nitrogens is 2. The van der Waals surface area contributed by atoms with E-state index in [9.17, 15) is 13.2 Å². The second-order valence-electron chi connectivity index (χ2n) is 5.89.